The Morgan fingerprint density at radius 3 is 2.29 bits per heavy atom. The number of nitro groups is 1. The molecule has 5 aromatic rings. The molecule has 5 aromatic carbocycles. The van der Waals surface area contributed by atoms with Gasteiger partial charge in [0.2, 0.25) is 0 Å². The smallest absolute Gasteiger partial charge is 0.326 e. The van der Waals surface area contributed by atoms with Gasteiger partial charge in [0, 0.05) is 84.9 Å². The molecule has 2 aliphatic rings. The second-order valence-electron chi connectivity index (χ2n) is 16.1. The van der Waals surface area contributed by atoms with Crippen LogP contribution in [-0.2, 0) is 15.6 Å². The molecule has 1 unspecified atom stereocenters. The Morgan fingerprint density at radius 2 is 1.60 bits per heavy atom. The van der Waals surface area contributed by atoms with Gasteiger partial charge in [-0.05, 0) is 123 Å². The van der Waals surface area contributed by atoms with Gasteiger partial charge >= 0.3 is 7.52 Å². The third-order valence-corrected chi connectivity index (χ3v) is 15.3. The topological polar surface area (TPSA) is 141 Å². The first kappa shape index (κ1) is 46.3. The molecule has 2 aliphatic heterocycles. The molecule has 1 amide bonds. The molecule has 0 aromatic heterocycles. The van der Waals surface area contributed by atoms with E-state index in [-0.39, 0.29) is 30.2 Å². The van der Waals surface area contributed by atoms with Crippen LogP contribution in [0.1, 0.15) is 42.1 Å². The third-order valence-electron chi connectivity index (χ3n) is 11.8. The predicted molar refractivity (Wildman–Crippen MR) is 256 cm³/mol. The van der Waals surface area contributed by atoms with Gasteiger partial charge in [-0.2, -0.15) is 0 Å². The number of nitro benzene ring substituents is 1. The van der Waals surface area contributed by atoms with Crippen LogP contribution in [0.4, 0.5) is 17.1 Å². The summed E-state index contributed by atoms with van der Waals surface area (Å²) >= 11 is 7.82. The Bertz CT molecular complexity index is 2330. The van der Waals surface area contributed by atoms with Crippen molar-refractivity contribution in [3.8, 4) is 11.1 Å². The number of nitrogens with zero attached hydrogens (tertiary/aromatic N) is 4. The van der Waals surface area contributed by atoms with E-state index in [1.54, 1.807) is 36.9 Å². The van der Waals surface area contributed by atoms with Gasteiger partial charge in [-0.25, -0.2) is 0 Å². The van der Waals surface area contributed by atoms with Crippen LogP contribution in [0.2, 0.25) is 5.02 Å². The monoisotopic (exact) mass is 910 g/mol. The lowest BCUT2D eigenvalue weighted by atomic mass is 9.97. The zero-order chi connectivity index (χ0) is 44.2. The number of benzene rings is 5. The summed E-state index contributed by atoms with van der Waals surface area (Å²) in [6.45, 7) is 8.70. The molecular formula is C48H56ClN6O6PS. The number of hydrogen-bond donors (Lipinski definition) is 3. The number of nitrogens with one attached hydrogen (secondary N) is 2. The molecular weight excluding hydrogens is 855 g/mol. The number of amides is 1. The molecule has 0 spiro atoms. The molecule has 12 nitrogen and oxygen atoms in total. The SMILES string of the molecule is CCOP(=O)(NC(=O)c1ccc(N2CCN(Cc3ccccc3-c3ccc(Cl)cc3)CC2)cc1)c1ccc(N[C@H](CCN2CCC(CO)CC2)CSc2ccccc2)c([N+](=O)[O-])c1. The number of aliphatic hydroxyl groups is 1. The highest BCUT2D eigenvalue weighted by Crippen LogP contribution is 2.43. The maximum atomic E-state index is 14.4. The number of thioether (sulfide) groups is 1. The zero-order valence-corrected chi connectivity index (χ0v) is 38.1. The number of halogens is 1. The summed E-state index contributed by atoms with van der Waals surface area (Å²) in [7, 11) is -4.09. The fraction of sp³-hybridized carbons (Fsp3) is 0.354. The van der Waals surface area contributed by atoms with E-state index in [1.165, 1.54) is 23.3 Å². The minimum atomic E-state index is -4.09. The van der Waals surface area contributed by atoms with Crippen molar-refractivity contribution in [2.75, 3.05) is 75.0 Å². The van der Waals surface area contributed by atoms with Crippen LogP contribution in [0.5, 0.6) is 0 Å². The van der Waals surface area contributed by atoms with Gasteiger partial charge in [0.15, 0.2) is 0 Å². The quantitative estimate of drug-likeness (QED) is 0.0316. The summed E-state index contributed by atoms with van der Waals surface area (Å²) in [5, 5.41) is 28.9. The van der Waals surface area contributed by atoms with E-state index < -0.39 is 18.4 Å². The summed E-state index contributed by atoms with van der Waals surface area (Å²) in [5.41, 5.74) is 4.91. The molecule has 3 N–H and O–H groups in total. The fourth-order valence-corrected chi connectivity index (χ4v) is 11.0. The minimum Gasteiger partial charge on any atom is -0.396 e. The molecule has 2 saturated heterocycles. The molecule has 0 radical (unpaired) electrons. The molecule has 63 heavy (non-hydrogen) atoms. The molecule has 0 aliphatic carbocycles. The van der Waals surface area contributed by atoms with Crippen LogP contribution in [0.15, 0.2) is 126 Å². The summed E-state index contributed by atoms with van der Waals surface area (Å²) in [5.74, 6) is 0.399. The number of carbonyl (C=O) groups is 1. The number of rotatable bonds is 19. The van der Waals surface area contributed by atoms with E-state index in [9.17, 15) is 24.6 Å². The first-order valence-corrected chi connectivity index (χ1v) is 24.6. The van der Waals surface area contributed by atoms with Crippen molar-refractivity contribution < 1.29 is 23.9 Å². The Labute approximate surface area is 379 Å². The lowest BCUT2D eigenvalue weighted by molar-refractivity contribution is -0.383. The van der Waals surface area contributed by atoms with E-state index in [4.69, 9.17) is 16.1 Å². The van der Waals surface area contributed by atoms with Crippen molar-refractivity contribution in [2.24, 2.45) is 5.92 Å². The van der Waals surface area contributed by atoms with Crippen molar-refractivity contribution in [2.45, 2.75) is 43.7 Å². The number of anilines is 2. The standard InChI is InChI=1S/C48H56ClN6O6PS/c1-2-61-62(60,43-20-21-46(47(32-43)55(58)59)50-41(35-63-44-9-4-3-5-10-44)24-27-52-25-22-36(34-56)23-26-52)51-48(57)38-14-18-42(19-15-38)54-30-28-53(29-31-54)33-39-8-6-7-11-45(39)37-12-16-40(49)17-13-37/h3-21,32,36,41,50,56H,2,22-31,33-35H2,1H3,(H,51,57,60)/t41-,62?/m1/s1. The van der Waals surface area contributed by atoms with E-state index in [0.717, 1.165) is 87.8 Å². The van der Waals surface area contributed by atoms with Crippen LogP contribution in [0.25, 0.3) is 11.1 Å². The van der Waals surface area contributed by atoms with Crippen molar-refractivity contribution in [3.05, 3.63) is 148 Å². The van der Waals surface area contributed by atoms with E-state index >= 15 is 0 Å². The Kier molecular flexibility index (Phi) is 16.4. The first-order chi connectivity index (χ1) is 30.6. The van der Waals surface area contributed by atoms with Gasteiger partial charge in [-0.15, -0.1) is 11.8 Å². The summed E-state index contributed by atoms with van der Waals surface area (Å²) < 4.78 is 20.2. The molecule has 332 valence electrons. The van der Waals surface area contributed by atoms with Crippen LogP contribution in [0, 0.1) is 16.0 Å². The van der Waals surface area contributed by atoms with Crippen molar-refractivity contribution in [3.63, 3.8) is 0 Å². The first-order valence-electron chi connectivity index (χ1n) is 21.7. The van der Waals surface area contributed by atoms with Crippen LogP contribution in [-0.4, -0.2) is 96.6 Å². The number of piperidine rings is 1. The predicted octanol–water partition coefficient (Wildman–Crippen LogP) is 9.19. The van der Waals surface area contributed by atoms with Crippen LogP contribution >= 0.6 is 30.9 Å². The van der Waals surface area contributed by atoms with Crippen molar-refractivity contribution >= 4 is 59.2 Å². The summed E-state index contributed by atoms with van der Waals surface area (Å²) in [6.07, 6.45) is 2.64. The number of likely N-dealkylation sites (tertiary alicyclic amines) is 1. The molecule has 2 fully saturated rings. The Hall–Kier alpha value is -4.72. The van der Waals surface area contributed by atoms with E-state index in [1.807, 2.05) is 54.6 Å². The average Bonchev–Trinajstić information content (AvgIpc) is 3.31. The van der Waals surface area contributed by atoms with Crippen LogP contribution in [0.3, 0.4) is 0 Å². The highest BCUT2D eigenvalue weighted by Gasteiger charge is 2.32. The summed E-state index contributed by atoms with van der Waals surface area (Å²) in [4.78, 5) is 33.9. The average molecular weight is 912 g/mol. The lowest BCUT2D eigenvalue weighted by Gasteiger charge is -2.36. The molecule has 2 heterocycles. The van der Waals surface area contributed by atoms with Gasteiger partial charge in [0.1, 0.15) is 5.69 Å². The van der Waals surface area contributed by atoms with Crippen molar-refractivity contribution in [1.29, 1.82) is 0 Å². The summed E-state index contributed by atoms with van der Waals surface area (Å²) in [6, 6.07) is 37.8. The number of piperazine rings is 1. The number of aliphatic hydroxyl groups excluding tert-OH is 1. The molecule has 0 saturated carbocycles. The number of carbonyl (C=O) groups excluding carboxylic acids is 1. The van der Waals surface area contributed by atoms with Gasteiger partial charge in [0.25, 0.3) is 11.6 Å². The highest BCUT2D eigenvalue weighted by molar-refractivity contribution is 7.99. The van der Waals surface area contributed by atoms with Crippen LogP contribution < -0.4 is 20.6 Å². The molecule has 15 heteroatoms. The van der Waals surface area contributed by atoms with E-state index in [2.05, 4.69) is 61.5 Å². The third kappa shape index (κ3) is 12.5. The van der Waals surface area contributed by atoms with Gasteiger partial charge < -0.3 is 24.7 Å². The van der Waals surface area contributed by atoms with Crippen molar-refractivity contribution in [1.82, 2.24) is 14.9 Å². The van der Waals surface area contributed by atoms with Gasteiger partial charge in [-0.1, -0.05) is 66.2 Å². The van der Waals surface area contributed by atoms with E-state index in [0.29, 0.717) is 27.9 Å². The normalized spacial score (nSPS) is 16.6. The minimum absolute atomic E-state index is 0.0112. The molecule has 7 rings (SSSR count). The second-order valence-corrected chi connectivity index (χ2v) is 19.7. The maximum Gasteiger partial charge on any atom is 0.326 e. The lowest BCUT2D eigenvalue weighted by Crippen LogP contribution is -2.46. The molecule has 2 atom stereocenters. The maximum absolute atomic E-state index is 14.4. The highest BCUT2D eigenvalue weighted by atomic mass is 35.5. The second kappa shape index (κ2) is 22.3. The largest absolute Gasteiger partial charge is 0.396 e. The van der Waals surface area contributed by atoms with Gasteiger partial charge in [0.05, 0.1) is 16.8 Å². The zero-order valence-electron chi connectivity index (χ0n) is 35.6. The number of hydrogen-bond acceptors (Lipinski definition) is 11. The van der Waals surface area contributed by atoms with Gasteiger partial charge in [-0.3, -0.25) is 29.5 Å². The Balaban J connectivity index is 0.986. The fourth-order valence-electron chi connectivity index (χ4n) is 8.19. The molecule has 0 bridgehead atoms. The Morgan fingerprint density at radius 1 is 0.905 bits per heavy atom.